The van der Waals surface area contributed by atoms with Gasteiger partial charge in [0.1, 0.15) is 16.6 Å². The van der Waals surface area contributed by atoms with Crippen molar-refractivity contribution in [3.8, 4) is 6.07 Å². The van der Waals surface area contributed by atoms with Crippen molar-refractivity contribution in [1.29, 1.82) is 5.26 Å². The summed E-state index contributed by atoms with van der Waals surface area (Å²) in [6.07, 6.45) is 0. The first-order chi connectivity index (χ1) is 11.8. The van der Waals surface area contributed by atoms with E-state index in [1.807, 2.05) is 42.5 Å². The molecule has 4 heteroatoms. The molecule has 0 spiro atoms. The van der Waals surface area contributed by atoms with Gasteiger partial charge in [-0.15, -0.1) is 11.3 Å². The van der Waals surface area contributed by atoms with Gasteiger partial charge in [-0.1, -0.05) is 42.5 Å². The molecule has 5 aromatic rings. The van der Waals surface area contributed by atoms with Gasteiger partial charge < -0.3 is 4.98 Å². The molecular weight excluding hydrogens is 314 g/mol. The van der Waals surface area contributed by atoms with Crippen LogP contribution in [0, 0.1) is 11.3 Å². The number of nitrogens with zero attached hydrogens (tertiary/aromatic N) is 2. The molecule has 2 aromatic heterocycles. The van der Waals surface area contributed by atoms with E-state index in [1.165, 1.54) is 10.8 Å². The summed E-state index contributed by atoms with van der Waals surface area (Å²) in [5.41, 5.74) is 2.58. The second-order valence-electron chi connectivity index (χ2n) is 5.68. The van der Waals surface area contributed by atoms with Crippen LogP contribution in [0.25, 0.3) is 37.5 Å². The fourth-order valence-electron chi connectivity index (χ4n) is 3.24. The van der Waals surface area contributed by atoms with Crippen LogP contribution in [0.5, 0.6) is 0 Å². The van der Waals surface area contributed by atoms with E-state index < -0.39 is 0 Å². The molecule has 3 nitrogen and oxygen atoms in total. The number of nitrogens with one attached hydrogen (secondary N) is 1. The van der Waals surface area contributed by atoms with E-state index in [4.69, 9.17) is 0 Å². The van der Waals surface area contributed by atoms with Crippen LogP contribution in [-0.2, 0) is 0 Å². The van der Waals surface area contributed by atoms with Crippen molar-refractivity contribution in [2.45, 2.75) is 0 Å². The molecule has 0 radical (unpaired) electrons. The Hall–Kier alpha value is -3.16. The maximum atomic E-state index is 9.82. The number of fused-ring (bicyclic) bond motifs is 1. The lowest BCUT2D eigenvalue weighted by Crippen LogP contribution is -2.07. The fraction of sp³-hybridized carbons (Fsp3) is 0. The lowest BCUT2D eigenvalue weighted by Gasteiger charge is -1.96. The number of aromatic nitrogens is 2. The minimum Gasteiger partial charge on any atom is -0.353 e. The first-order valence-corrected chi connectivity index (χ1v) is 8.46. The van der Waals surface area contributed by atoms with Crippen molar-refractivity contribution in [3.05, 3.63) is 71.0 Å². The van der Waals surface area contributed by atoms with Crippen LogP contribution in [0.3, 0.4) is 0 Å². The molecule has 0 aliphatic carbocycles. The lowest BCUT2D eigenvalue weighted by atomic mass is 10.1. The summed E-state index contributed by atoms with van der Waals surface area (Å²) >= 11 is 1.55. The van der Waals surface area contributed by atoms with Gasteiger partial charge in [0, 0.05) is 16.3 Å². The minimum absolute atomic E-state index is 0.597. The van der Waals surface area contributed by atoms with Crippen LogP contribution >= 0.6 is 11.3 Å². The zero-order valence-electron chi connectivity index (χ0n) is 12.6. The van der Waals surface area contributed by atoms with Crippen molar-refractivity contribution >= 4 is 48.8 Å². The quantitative estimate of drug-likeness (QED) is 0.497. The van der Waals surface area contributed by atoms with Gasteiger partial charge in [0.25, 0.3) is 0 Å². The van der Waals surface area contributed by atoms with Crippen LogP contribution in [0.15, 0.2) is 60.7 Å². The zero-order valence-corrected chi connectivity index (χ0v) is 13.4. The molecule has 0 unspecified atom stereocenters. The predicted octanol–water partition coefficient (Wildman–Crippen LogP) is 4.37. The Labute approximate surface area is 141 Å². The summed E-state index contributed by atoms with van der Waals surface area (Å²) in [7, 11) is 0. The smallest absolute Gasteiger partial charge is 0.137 e. The van der Waals surface area contributed by atoms with Gasteiger partial charge in [0.05, 0.1) is 15.6 Å². The molecule has 5 rings (SSSR count). The average Bonchev–Trinajstić information content (AvgIpc) is 3.20. The third-order valence-electron chi connectivity index (χ3n) is 4.30. The third-order valence-corrected chi connectivity index (χ3v) is 5.36. The van der Waals surface area contributed by atoms with Gasteiger partial charge in [0.15, 0.2) is 0 Å². The summed E-state index contributed by atoms with van der Waals surface area (Å²) in [5.74, 6) is 0. The Morgan fingerprint density at radius 1 is 1.00 bits per heavy atom. The maximum absolute atomic E-state index is 9.82. The molecular formula is C20H11N3S. The molecule has 1 N–H and O–H groups in total. The van der Waals surface area contributed by atoms with Gasteiger partial charge in [-0.05, 0) is 23.6 Å². The van der Waals surface area contributed by atoms with E-state index in [-0.39, 0.29) is 0 Å². The second-order valence-corrected chi connectivity index (χ2v) is 6.71. The Morgan fingerprint density at radius 2 is 1.83 bits per heavy atom. The van der Waals surface area contributed by atoms with Gasteiger partial charge in [-0.2, -0.15) is 5.26 Å². The molecule has 112 valence electrons. The van der Waals surface area contributed by atoms with Crippen LogP contribution in [0.2, 0.25) is 0 Å². The first-order valence-electron chi connectivity index (χ1n) is 7.64. The Kier molecular flexibility index (Phi) is 2.72. The SMILES string of the molecule is N#CC(c1nc2ccccc2s1)=c1[nH]c2cccc3cccc1c32. The molecule has 0 saturated heterocycles. The molecule has 0 fully saturated rings. The van der Waals surface area contributed by atoms with Crippen LogP contribution in [0.4, 0.5) is 0 Å². The first kappa shape index (κ1) is 13.3. The summed E-state index contributed by atoms with van der Waals surface area (Å²) in [4.78, 5) is 8.08. The molecule has 0 atom stereocenters. The molecule has 0 aliphatic rings. The predicted molar refractivity (Wildman–Crippen MR) is 98.8 cm³/mol. The highest BCUT2D eigenvalue weighted by Crippen LogP contribution is 2.28. The number of hydrogen-bond acceptors (Lipinski definition) is 3. The third kappa shape index (κ3) is 1.79. The maximum Gasteiger partial charge on any atom is 0.137 e. The standard InChI is InChI=1S/C20H11N3S/c21-11-14(20-23-15-8-1-2-10-17(15)24-20)19-13-7-3-5-12-6-4-9-16(22-19)18(12)13/h1-10,22H. The highest BCUT2D eigenvalue weighted by atomic mass is 32.1. The van der Waals surface area contributed by atoms with Crippen molar-refractivity contribution < 1.29 is 0 Å². The summed E-state index contributed by atoms with van der Waals surface area (Å²) < 4.78 is 1.09. The monoisotopic (exact) mass is 325 g/mol. The van der Waals surface area contributed by atoms with Gasteiger partial charge in [0.2, 0.25) is 0 Å². The Morgan fingerprint density at radius 3 is 2.67 bits per heavy atom. The Balaban J connectivity index is 1.94. The number of aromatic amines is 1. The minimum atomic E-state index is 0.597. The number of thiazole rings is 1. The highest BCUT2D eigenvalue weighted by molar-refractivity contribution is 7.19. The van der Waals surface area contributed by atoms with Gasteiger partial charge in [-0.3, -0.25) is 0 Å². The Bertz CT molecular complexity index is 1280. The van der Waals surface area contributed by atoms with Crippen molar-refractivity contribution in [2.75, 3.05) is 0 Å². The molecule has 0 aliphatic heterocycles. The summed E-state index contributed by atoms with van der Waals surface area (Å²) in [5, 5.41) is 14.8. The van der Waals surface area contributed by atoms with E-state index in [0.717, 1.165) is 31.5 Å². The van der Waals surface area contributed by atoms with E-state index >= 15 is 0 Å². The van der Waals surface area contributed by atoms with E-state index in [9.17, 15) is 5.26 Å². The fourth-order valence-corrected chi connectivity index (χ4v) is 4.21. The molecule has 0 amide bonds. The van der Waals surface area contributed by atoms with Crippen LogP contribution in [0.1, 0.15) is 5.01 Å². The summed E-state index contributed by atoms with van der Waals surface area (Å²) in [6, 6.07) is 22.7. The van der Waals surface area contributed by atoms with Crippen molar-refractivity contribution in [1.82, 2.24) is 9.97 Å². The number of rotatable bonds is 1. The second kappa shape index (κ2) is 4.92. The van der Waals surface area contributed by atoms with Crippen LogP contribution in [-0.4, -0.2) is 9.97 Å². The summed E-state index contributed by atoms with van der Waals surface area (Å²) in [6.45, 7) is 0. The number of nitriles is 1. The van der Waals surface area contributed by atoms with Gasteiger partial charge >= 0.3 is 0 Å². The van der Waals surface area contributed by atoms with E-state index in [2.05, 4.69) is 34.2 Å². The number of H-pyrrole nitrogens is 1. The van der Waals surface area contributed by atoms with Crippen molar-refractivity contribution in [2.24, 2.45) is 0 Å². The number of benzene rings is 3. The van der Waals surface area contributed by atoms with E-state index in [0.29, 0.717) is 5.57 Å². The molecule has 0 saturated carbocycles. The van der Waals surface area contributed by atoms with Crippen LogP contribution < -0.4 is 5.35 Å². The molecule has 3 aromatic carbocycles. The zero-order chi connectivity index (χ0) is 16.1. The van der Waals surface area contributed by atoms with Crippen molar-refractivity contribution in [3.63, 3.8) is 0 Å². The normalized spacial score (nSPS) is 12.8. The molecule has 0 bridgehead atoms. The highest BCUT2D eigenvalue weighted by Gasteiger charge is 2.13. The molecule has 24 heavy (non-hydrogen) atoms. The molecule has 2 heterocycles. The van der Waals surface area contributed by atoms with E-state index in [1.54, 1.807) is 11.3 Å². The number of hydrogen-bond donors (Lipinski definition) is 1. The topological polar surface area (TPSA) is 52.5 Å². The largest absolute Gasteiger partial charge is 0.353 e. The number of para-hydroxylation sites is 1. The average molecular weight is 325 g/mol. The lowest BCUT2D eigenvalue weighted by molar-refractivity contribution is 1.35. The van der Waals surface area contributed by atoms with Gasteiger partial charge in [-0.25, -0.2) is 4.98 Å².